The molecule has 9 nitrogen and oxygen atoms in total. The monoisotopic (exact) mass is 676 g/mol. The number of carboxylic acid groups (broad SMARTS) is 1. The van der Waals surface area contributed by atoms with Gasteiger partial charge in [-0.1, -0.05) is 84.6 Å². The number of esters is 1. The van der Waals surface area contributed by atoms with Gasteiger partial charge in [0.05, 0.1) is 19.2 Å². The first-order valence-electron chi connectivity index (χ1n) is 16.5. The minimum absolute atomic E-state index is 0.00400. The summed E-state index contributed by atoms with van der Waals surface area (Å²) in [5.74, 6) is 2.87. The normalized spacial score (nSPS) is 24.8. The number of morpholine rings is 1. The SMILES string of the molecule is COc1ccc(C#Cc2ccc3c(c2)[C@]2(C(=O)N3)[C@H](C(=O)O)[C@H]3C(=O)O[C@H](c4ccccc4)[C@H](c4ccccc4)N3[C@@H]2c2ccc(O)cc2)cc1. The second kappa shape index (κ2) is 12.5. The number of nitrogens with one attached hydrogen (secondary N) is 1. The summed E-state index contributed by atoms with van der Waals surface area (Å²) < 4.78 is 11.5. The van der Waals surface area contributed by atoms with Crippen molar-refractivity contribution < 1.29 is 34.1 Å². The summed E-state index contributed by atoms with van der Waals surface area (Å²) in [5, 5.41) is 24.5. The molecular weight excluding hydrogens is 644 g/mol. The van der Waals surface area contributed by atoms with Crippen LogP contribution in [0.5, 0.6) is 11.5 Å². The standard InChI is InChI=1S/C42H32N2O7/c1-50-31-21-14-25(15-22-31)12-13-26-16-23-33-32(24-26)42(41(49)43-33)34(39(46)47)36-40(48)51-37(28-10-6-3-7-11-28)35(27-8-4-2-5-9-27)44(36)38(42)29-17-19-30(45)20-18-29/h2-11,14-24,34-38,45H,1H3,(H,43,49)(H,46,47)/t34-,35-,36-,37+,38+,42-/m0/s1. The van der Waals surface area contributed by atoms with E-state index >= 15 is 0 Å². The van der Waals surface area contributed by atoms with Crippen molar-refractivity contribution in [2.75, 3.05) is 12.4 Å². The van der Waals surface area contributed by atoms with E-state index in [1.165, 1.54) is 12.1 Å². The smallest absolute Gasteiger partial charge is 0.325 e. The van der Waals surface area contributed by atoms with Gasteiger partial charge in [0.2, 0.25) is 5.91 Å². The van der Waals surface area contributed by atoms with Crippen molar-refractivity contribution in [3.05, 3.63) is 161 Å². The molecule has 5 aromatic carbocycles. The van der Waals surface area contributed by atoms with Crippen LogP contribution in [-0.4, -0.2) is 46.1 Å². The molecule has 252 valence electrons. The lowest BCUT2D eigenvalue weighted by Crippen LogP contribution is -2.52. The van der Waals surface area contributed by atoms with Crippen molar-refractivity contribution in [2.24, 2.45) is 5.92 Å². The highest BCUT2D eigenvalue weighted by atomic mass is 16.6. The first kappa shape index (κ1) is 31.9. The van der Waals surface area contributed by atoms with Gasteiger partial charge in [-0.05, 0) is 76.9 Å². The van der Waals surface area contributed by atoms with Gasteiger partial charge < -0.3 is 25.0 Å². The highest BCUT2D eigenvalue weighted by Gasteiger charge is 2.74. The van der Waals surface area contributed by atoms with Crippen molar-refractivity contribution in [1.29, 1.82) is 0 Å². The van der Waals surface area contributed by atoms with Gasteiger partial charge in [0.15, 0.2) is 0 Å². The Kier molecular flexibility index (Phi) is 7.81. The molecule has 0 aromatic heterocycles. The molecule has 6 atom stereocenters. The number of cyclic esters (lactones) is 1. The number of carbonyl (C=O) groups excluding carboxylic acids is 2. The Balaban J connectivity index is 1.38. The van der Waals surface area contributed by atoms with Gasteiger partial charge >= 0.3 is 11.9 Å². The summed E-state index contributed by atoms with van der Waals surface area (Å²) in [6.45, 7) is 0. The van der Waals surface area contributed by atoms with Crippen LogP contribution < -0.4 is 10.1 Å². The Morgan fingerprint density at radius 1 is 0.784 bits per heavy atom. The van der Waals surface area contributed by atoms with Gasteiger partial charge in [-0.15, -0.1) is 0 Å². The fourth-order valence-electron chi connectivity index (χ4n) is 8.13. The zero-order valence-corrected chi connectivity index (χ0v) is 27.4. The summed E-state index contributed by atoms with van der Waals surface area (Å²) in [6, 6.07) is 34.7. The average Bonchev–Trinajstić information content (AvgIpc) is 3.64. The number of methoxy groups -OCH3 is 1. The molecule has 1 spiro atoms. The van der Waals surface area contributed by atoms with Gasteiger partial charge in [0, 0.05) is 16.8 Å². The number of anilines is 1. The number of rotatable bonds is 5. The summed E-state index contributed by atoms with van der Waals surface area (Å²) >= 11 is 0. The van der Waals surface area contributed by atoms with Gasteiger partial charge in [0.25, 0.3) is 0 Å². The van der Waals surface area contributed by atoms with E-state index in [9.17, 15) is 24.6 Å². The number of carbonyl (C=O) groups is 3. The van der Waals surface area contributed by atoms with E-state index in [0.29, 0.717) is 28.1 Å². The lowest BCUT2D eigenvalue weighted by atomic mass is 9.65. The van der Waals surface area contributed by atoms with Gasteiger partial charge in [-0.3, -0.25) is 19.3 Å². The number of hydrogen-bond acceptors (Lipinski definition) is 7. The van der Waals surface area contributed by atoms with Crippen LogP contribution in [0.1, 0.15) is 51.6 Å². The molecule has 0 unspecified atom stereocenters. The molecule has 3 heterocycles. The number of aromatic hydroxyl groups is 1. The zero-order valence-electron chi connectivity index (χ0n) is 27.4. The fourth-order valence-corrected chi connectivity index (χ4v) is 8.13. The Labute approximate surface area is 294 Å². The van der Waals surface area contributed by atoms with Crippen molar-refractivity contribution in [3.63, 3.8) is 0 Å². The van der Waals surface area contributed by atoms with E-state index in [-0.39, 0.29) is 5.75 Å². The fraction of sp³-hybridized carbons (Fsp3) is 0.167. The molecule has 1 amide bonds. The van der Waals surface area contributed by atoms with Crippen LogP contribution in [0.3, 0.4) is 0 Å². The molecular formula is C42H32N2O7. The predicted molar refractivity (Wildman–Crippen MR) is 188 cm³/mol. The maximum absolute atomic E-state index is 14.8. The van der Waals surface area contributed by atoms with Crippen molar-refractivity contribution in [3.8, 4) is 23.3 Å². The van der Waals surface area contributed by atoms with Crippen molar-refractivity contribution in [1.82, 2.24) is 4.90 Å². The minimum atomic E-state index is -1.81. The Hall–Kier alpha value is -6.37. The summed E-state index contributed by atoms with van der Waals surface area (Å²) in [6.07, 6.45) is -0.827. The lowest BCUT2D eigenvalue weighted by molar-refractivity contribution is -0.179. The number of fused-ring (bicyclic) bond motifs is 3. The summed E-state index contributed by atoms with van der Waals surface area (Å²) in [4.78, 5) is 44.7. The van der Waals surface area contributed by atoms with Crippen LogP contribution in [0, 0.1) is 17.8 Å². The Bertz CT molecular complexity index is 2210. The third-order valence-electron chi connectivity index (χ3n) is 10.2. The number of benzene rings is 5. The average molecular weight is 677 g/mol. The topological polar surface area (TPSA) is 125 Å². The third-order valence-corrected chi connectivity index (χ3v) is 10.2. The number of phenolic OH excluding ortho intramolecular Hbond substituents is 1. The van der Waals surface area contributed by atoms with Gasteiger partial charge in [-0.2, -0.15) is 0 Å². The van der Waals surface area contributed by atoms with E-state index < -0.39 is 53.4 Å². The first-order valence-corrected chi connectivity index (χ1v) is 16.5. The maximum Gasteiger partial charge on any atom is 0.325 e. The quantitative estimate of drug-likeness (QED) is 0.150. The van der Waals surface area contributed by atoms with Crippen LogP contribution in [0.2, 0.25) is 0 Å². The number of hydrogen-bond donors (Lipinski definition) is 3. The second-order valence-corrected chi connectivity index (χ2v) is 12.9. The summed E-state index contributed by atoms with van der Waals surface area (Å²) in [7, 11) is 1.59. The molecule has 9 heteroatoms. The Morgan fingerprint density at radius 3 is 2.06 bits per heavy atom. The van der Waals surface area contributed by atoms with E-state index in [1.807, 2.05) is 89.8 Å². The third kappa shape index (κ3) is 5.11. The van der Waals surface area contributed by atoms with E-state index in [4.69, 9.17) is 9.47 Å². The lowest BCUT2D eigenvalue weighted by Gasteiger charge is -2.46. The van der Waals surface area contributed by atoms with Crippen molar-refractivity contribution in [2.45, 2.75) is 29.6 Å². The number of aliphatic carboxylic acids is 1. The molecule has 0 radical (unpaired) electrons. The number of ether oxygens (including phenoxy) is 2. The number of phenols is 1. The molecule has 8 rings (SSSR count). The first-order chi connectivity index (χ1) is 24.8. The molecule has 2 fully saturated rings. The molecule has 5 aromatic rings. The maximum atomic E-state index is 14.8. The summed E-state index contributed by atoms with van der Waals surface area (Å²) in [5.41, 5.74) is 2.42. The number of amides is 1. The van der Waals surface area contributed by atoms with Crippen LogP contribution in [0.15, 0.2) is 127 Å². The second-order valence-electron chi connectivity index (χ2n) is 12.9. The molecule has 3 aliphatic rings. The van der Waals surface area contributed by atoms with E-state index in [1.54, 1.807) is 37.4 Å². The van der Waals surface area contributed by atoms with Gasteiger partial charge in [-0.25, -0.2) is 0 Å². The number of nitrogens with zero attached hydrogens (tertiary/aromatic N) is 1. The van der Waals surface area contributed by atoms with Crippen LogP contribution in [0.25, 0.3) is 0 Å². The largest absolute Gasteiger partial charge is 0.508 e. The highest BCUT2D eigenvalue weighted by molar-refractivity contribution is 6.11. The number of carboxylic acids is 1. The van der Waals surface area contributed by atoms with E-state index in [0.717, 1.165) is 16.7 Å². The molecule has 51 heavy (non-hydrogen) atoms. The van der Waals surface area contributed by atoms with E-state index in [2.05, 4.69) is 17.2 Å². The predicted octanol–water partition coefficient (Wildman–Crippen LogP) is 6.16. The van der Waals surface area contributed by atoms with Crippen LogP contribution in [-0.2, 0) is 24.5 Å². The molecule has 0 saturated carbocycles. The molecule has 2 saturated heterocycles. The molecule has 3 N–H and O–H groups in total. The molecule has 3 aliphatic heterocycles. The van der Waals surface area contributed by atoms with Crippen LogP contribution >= 0.6 is 0 Å². The van der Waals surface area contributed by atoms with Crippen LogP contribution in [0.4, 0.5) is 5.69 Å². The van der Waals surface area contributed by atoms with Crippen molar-refractivity contribution >= 4 is 23.5 Å². The highest BCUT2D eigenvalue weighted by Crippen LogP contribution is 2.64. The molecule has 0 bridgehead atoms. The van der Waals surface area contributed by atoms with Gasteiger partial charge in [0.1, 0.15) is 35.0 Å². The molecule has 0 aliphatic carbocycles. The Morgan fingerprint density at radius 2 is 1.41 bits per heavy atom. The minimum Gasteiger partial charge on any atom is -0.508 e. The zero-order chi connectivity index (χ0) is 35.3.